The van der Waals surface area contributed by atoms with Crippen LogP contribution in [0.3, 0.4) is 0 Å². The molecule has 1 aliphatic rings. The summed E-state index contributed by atoms with van der Waals surface area (Å²) in [6, 6.07) is 8.12. The van der Waals surface area contributed by atoms with Crippen LogP contribution in [-0.4, -0.2) is 21.6 Å². The molecule has 1 saturated carbocycles. The van der Waals surface area contributed by atoms with Crippen molar-refractivity contribution in [1.82, 2.24) is 0 Å². The van der Waals surface area contributed by atoms with E-state index in [1.807, 2.05) is 39.0 Å². The first-order valence-corrected chi connectivity index (χ1v) is 8.76. The molecule has 0 spiro atoms. The van der Waals surface area contributed by atoms with Crippen LogP contribution in [-0.2, 0) is 17.8 Å². The minimum absolute atomic E-state index is 0.302. The molecule has 0 amide bonds. The lowest BCUT2D eigenvalue weighted by molar-refractivity contribution is 0.210. The largest absolute Gasteiger partial charge is 0.591 e. The molecule has 0 saturated heterocycles. The zero-order chi connectivity index (χ0) is 15.3. The molecule has 1 unspecified atom stereocenters. The van der Waals surface area contributed by atoms with Gasteiger partial charge in [0, 0.05) is 6.42 Å². The third-order valence-electron chi connectivity index (χ3n) is 3.52. The average Bonchev–Trinajstić information content (AvgIpc) is 2.91. The molecule has 116 valence electrons. The zero-order valence-corrected chi connectivity index (χ0v) is 14.0. The Morgan fingerprint density at radius 1 is 1.33 bits per heavy atom. The summed E-state index contributed by atoms with van der Waals surface area (Å²) in [5, 5.41) is 0. The van der Waals surface area contributed by atoms with E-state index in [0.29, 0.717) is 12.5 Å². The van der Waals surface area contributed by atoms with Crippen LogP contribution >= 0.6 is 0 Å². The van der Waals surface area contributed by atoms with Gasteiger partial charge in [0.15, 0.2) is 0 Å². The van der Waals surface area contributed by atoms with E-state index in [2.05, 4.69) is 10.5 Å². The van der Waals surface area contributed by atoms with Gasteiger partial charge in [-0.05, 0) is 64.2 Å². The highest BCUT2D eigenvalue weighted by molar-refractivity contribution is 7.91. The molecule has 0 N–H and O–H groups in total. The summed E-state index contributed by atoms with van der Waals surface area (Å²) in [4.78, 5) is 0. The highest BCUT2D eigenvalue weighted by atomic mass is 32.2. The van der Waals surface area contributed by atoms with Gasteiger partial charge < -0.3 is 9.29 Å². The van der Waals surface area contributed by atoms with Gasteiger partial charge in [-0.2, -0.15) is 0 Å². The normalized spacial score (nSPS) is 18.3. The number of hydrogen-bond donors (Lipinski definition) is 0. The van der Waals surface area contributed by atoms with E-state index < -0.39 is 11.4 Å². The topological polar surface area (TPSA) is 44.7 Å². The van der Waals surface area contributed by atoms with Crippen molar-refractivity contribution in [3.8, 4) is 5.75 Å². The minimum atomic E-state index is -1.18. The molecule has 1 aromatic rings. The van der Waals surface area contributed by atoms with Crippen LogP contribution in [0.5, 0.6) is 5.75 Å². The fraction of sp³-hybridized carbons (Fsp3) is 0.588. The van der Waals surface area contributed by atoms with Crippen molar-refractivity contribution in [2.75, 3.05) is 0 Å². The van der Waals surface area contributed by atoms with E-state index in [1.165, 1.54) is 12.8 Å². The first-order valence-electron chi connectivity index (χ1n) is 7.65. The maximum absolute atomic E-state index is 11.8. The monoisotopic (exact) mass is 307 g/mol. The van der Waals surface area contributed by atoms with E-state index >= 15 is 0 Å². The molecule has 4 heteroatoms. The maximum atomic E-state index is 11.8. The van der Waals surface area contributed by atoms with Crippen LogP contribution in [0, 0.1) is 0 Å². The fourth-order valence-electron chi connectivity index (χ4n) is 2.31. The van der Waals surface area contributed by atoms with Crippen molar-refractivity contribution in [1.29, 1.82) is 0 Å². The van der Waals surface area contributed by atoms with Crippen LogP contribution in [0.4, 0.5) is 0 Å². The summed E-state index contributed by atoms with van der Waals surface area (Å²) in [6.07, 6.45) is 7.68. The van der Waals surface area contributed by atoms with Gasteiger partial charge in [-0.25, -0.2) is 0 Å². The fourth-order valence-corrected chi connectivity index (χ4v) is 2.84. The first kappa shape index (κ1) is 16.4. The highest BCUT2D eigenvalue weighted by Gasteiger charge is 2.25. The summed E-state index contributed by atoms with van der Waals surface area (Å²) in [7, 11) is 0. The molecule has 21 heavy (non-hydrogen) atoms. The van der Waals surface area contributed by atoms with E-state index in [-0.39, 0.29) is 4.75 Å². The summed E-state index contributed by atoms with van der Waals surface area (Å²) in [6.45, 7) is 5.78. The molecule has 1 atom stereocenters. The Morgan fingerprint density at radius 3 is 2.71 bits per heavy atom. The van der Waals surface area contributed by atoms with Crippen molar-refractivity contribution < 1.29 is 9.29 Å². The van der Waals surface area contributed by atoms with Gasteiger partial charge in [0.2, 0.25) is 0 Å². The average molecular weight is 307 g/mol. The van der Waals surface area contributed by atoms with Gasteiger partial charge in [-0.1, -0.05) is 16.5 Å². The number of nitrogens with zero attached hydrogens (tertiary/aromatic N) is 1. The van der Waals surface area contributed by atoms with Crippen molar-refractivity contribution in [2.45, 2.75) is 63.7 Å². The summed E-state index contributed by atoms with van der Waals surface area (Å²) < 4.78 is 21.7. The molecule has 3 nitrogen and oxygen atoms in total. The van der Waals surface area contributed by atoms with Gasteiger partial charge >= 0.3 is 0 Å². The molecular weight excluding hydrogens is 282 g/mol. The van der Waals surface area contributed by atoms with E-state index in [0.717, 1.165) is 24.2 Å². The summed E-state index contributed by atoms with van der Waals surface area (Å²) in [5.74, 6) is 0.935. The second-order valence-electron chi connectivity index (χ2n) is 6.53. The predicted molar refractivity (Wildman–Crippen MR) is 89.4 cm³/mol. The molecule has 1 aliphatic carbocycles. The van der Waals surface area contributed by atoms with Gasteiger partial charge in [-0.3, -0.25) is 0 Å². The first-order chi connectivity index (χ1) is 9.95. The van der Waals surface area contributed by atoms with Gasteiger partial charge in [0.1, 0.15) is 21.9 Å². The van der Waals surface area contributed by atoms with Crippen molar-refractivity contribution in [2.24, 2.45) is 4.40 Å². The lowest BCUT2D eigenvalue weighted by atomic mass is 10.1. The van der Waals surface area contributed by atoms with Crippen molar-refractivity contribution in [3.63, 3.8) is 0 Å². The van der Waals surface area contributed by atoms with Crippen molar-refractivity contribution in [3.05, 3.63) is 29.8 Å². The molecule has 2 rings (SSSR count). The molecule has 0 heterocycles. The Hall–Kier alpha value is -1.00. The minimum Gasteiger partial charge on any atom is -0.591 e. The second-order valence-corrected chi connectivity index (χ2v) is 8.46. The van der Waals surface area contributed by atoms with Gasteiger partial charge in [0.05, 0.1) is 12.3 Å². The van der Waals surface area contributed by atoms with Crippen LogP contribution < -0.4 is 4.74 Å². The second kappa shape index (κ2) is 7.32. The number of rotatable bonds is 5. The summed E-state index contributed by atoms with van der Waals surface area (Å²) in [5.41, 5.74) is 1.14. The zero-order valence-electron chi connectivity index (χ0n) is 13.2. The Kier molecular flexibility index (Phi) is 5.71. The Balaban J connectivity index is 1.90. The van der Waals surface area contributed by atoms with E-state index in [1.54, 1.807) is 6.21 Å². The maximum Gasteiger partial charge on any atom is 0.144 e. The smallest absolute Gasteiger partial charge is 0.144 e. The molecule has 1 fully saturated rings. The molecule has 1 aromatic carbocycles. The molecule has 0 radical (unpaired) electrons. The lowest BCUT2D eigenvalue weighted by Gasteiger charge is -2.17. The molecule has 0 aliphatic heterocycles. The Morgan fingerprint density at radius 2 is 2.05 bits per heavy atom. The Labute approximate surface area is 131 Å². The SMILES string of the molecule is CC(C)(C)[S+]([O-])/N=C\Cc1cccc(OC2CCCC2)c1. The number of ether oxygens (including phenoxy) is 1. The van der Waals surface area contributed by atoms with Crippen molar-refractivity contribution >= 4 is 17.6 Å². The number of hydrogen-bond acceptors (Lipinski definition) is 3. The van der Waals surface area contributed by atoms with Crippen LogP contribution in [0.1, 0.15) is 52.0 Å². The third kappa shape index (κ3) is 5.36. The molecule has 0 bridgehead atoms. The lowest BCUT2D eigenvalue weighted by Crippen LogP contribution is -2.25. The van der Waals surface area contributed by atoms with Crippen LogP contribution in [0.15, 0.2) is 28.7 Å². The van der Waals surface area contributed by atoms with E-state index in [4.69, 9.17) is 4.74 Å². The standard InChI is InChI=1S/C17H25NO2S/c1-17(2,3)21(19)18-12-11-14-7-6-10-16(13-14)20-15-8-4-5-9-15/h6-7,10,12-13,15H,4-5,8-9,11H2,1-3H3/b18-12-. The highest BCUT2D eigenvalue weighted by Crippen LogP contribution is 2.24. The summed E-state index contributed by atoms with van der Waals surface area (Å²) >= 11 is -1.18. The third-order valence-corrected chi connectivity index (χ3v) is 4.91. The molecular formula is C17H25NO2S. The predicted octanol–water partition coefficient (Wildman–Crippen LogP) is 4.08. The van der Waals surface area contributed by atoms with Gasteiger partial charge in [-0.15, -0.1) is 0 Å². The Bertz CT molecular complexity index is 476. The molecule has 0 aromatic heterocycles. The quantitative estimate of drug-likeness (QED) is 0.607. The van der Waals surface area contributed by atoms with Crippen LogP contribution in [0.25, 0.3) is 0 Å². The van der Waals surface area contributed by atoms with Gasteiger partial charge in [0.25, 0.3) is 0 Å². The number of benzene rings is 1. The van der Waals surface area contributed by atoms with Crippen LogP contribution in [0.2, 0.25) is 0 Å². The van der Waals surface area contributed by atoms with E-state index in [9.17, 15) is 4.55 Å².